The topological polar surface area (TPSA) is 117 Å². The monoisotopic (exact) mass is 469 g/mol. The van der Waals surface area contributed by atoms with Gasteiger partial charge in [0.25, 0.3) is 0 Å². The lowest BCUT2D eigenvalue weighted by Gasteiger charge is -2.26. The van der Waals surface area contributed by atoms with E-state index in [1.165, 1.54) is 0 Å². The van der Waals surface area contributed by atoms with Crippen molar-refractivity contribution in [2.45, 2.75) is 51.2 Å². The molecule has 1 heterocycles. The molecule has 0 spiro atoms. The highest BCUT2D eigenvalue weighted by atomic mass is 16.7. The number of aliphatic carboxylic acids is 1. The molecular formula is C25H31N3O6. The molecule has 0 fully saturated rings. The molecule has 0 aliphatic carbocycles. The Balaban J connectivity index is 1.68. The number of hydrogen-bond donors (Lipinski definition) is 3. The molecule has 0 saturated heterocycles. The molecule has 9 nitrogen and oxygen atoms in total. The van der Waals surface area contributed by atoms with Crippen LogP contribution in [-0.4, -0.2) is 47.8 Å². The van der Waals surface area contributed by atoms with E-state index in [2.05, 4.69) is 10.6 Å². The molecule has 0 bridgehead atoms. The van der Waals surface area contributed by atoms with Gasteiger partial charge in [0, 0.05) is 13.6 Å². The average Bonchev–Trinajstić information content (AvgIpc) is 3.29. The molecule has 1 aliphatic rings. The number of amides is 3. The Labute approximate surface area is 199 Å². The number of nitrogens with one attached hydrogen (secondary N) is 2. The molecule has 9 heteroatoms. The van der Waals surface area contributed by atoms with Crippen LogP contribution in [0.5, 0.6) is 11.5 Å². The van der Waals surface area contributed by atoms with E-state index in [1.54, 1.807) is 30.1 Å². The predicted octanol–water partition coefficient (Wildman–Crippen LogP) is 3.45. The maximum atomic E-state index is 13.1. The van der Waals surface area contributed by atoms with E-state index < -0.39 is 24.1 Å². The number of unbranched alkanes of at least 4 members (excludes halogenated alkanes) is 1. The summed E-state index contributed by atoms with van der Waals surface area (Å²) in [7, 11) is 1.70. The number of carboxylic acid groups (broad SMARTS) is 1. The highest BCUT2D eigenvalue weighted by Gasteiger charge is 2.26. The fraction of sp³-hybridized carbons (Fsp3) is 0.400. The Morgan fingerprint density at radius 2 is 1.79 bits per heavy atom. The SMILES string of the molecule is CCCC[C@H](NC(=O)N[C@@H](CC(=O)O)c1ccc2c(c1)OCO2)C(=O)N(C)Cc1ccccc1. The first-order valence-corrected chi connectivity index (χ1v) is 11.3. The van der Waals surface area contributed by atoms with Gasteiger partial charge in [0.1, 0.15) is 6.04 Å². The number of rotatable bonds is 11. The third-order valence-electron chi connectivity index (χ3n) is 5.57. The minimum atomic E-state index is -1.07. The zero-order valence-electron chi connectivity index (χ0n) is 19.5. The maximum Gasteiger partial charge on any atom is 0.315 e. The number of hydrogen-bond acceptors (Lipinski definition) is 5. The van der Waals surface area contributed by atoms with Crippen molar-refractivity contribution in [3.63, 3.8) is 0 Å². The first-order chi connectivity index (χ1) is 16.4. The first-order valence-electron chi connectivity index (χ1n) is 11.3. The smallest absolute Gasteiger partial charge is 0.315 e. The van der Waals surface area contributed by atoms with E-state index in [9.17, 15) is 19.5 Å². The minimum absolute atomic E-state index is 0.0913. The summed E-state index contributed by atoms with van der Waals surface area (Å²) in [4.78, 5) is 39.0. The van der Waals surface area contributed by atoms with Gasteiger partial charge in [-0.3, -0.25) is 9.59 Å². The lowest BCUT2D eigenvalue weighted by Crippen LogP contribution is -2.51. The molecular weight excluding hydrogens is 438 g/mol. The van der Waals surface area contributed by atoms with Gasteiger partial charge in [0.2, 0.25) is 12.7 Å². The number of nitrogens with zero attached hydrogens (tertiary/aromatic N) is 1. The van der Waals surface area contributed by atoms with E-state index in [1.807, 2.05) is 37.3 Å². The number of fused-ring (bicyclic) bond motifs is 1. The first kappa shape index (κ1) is 24.9. The number of carbonyl (C=O) groups is 3. The van der Waals surface area contributed by atoms with Crippen molar-refractivity contribution in [3.05, 3.63) is 59.7 Å². The molecule has 2 aromatic carbocycles. The largest absolute Gasteiger partial charge is 0.481 e. The van der Waals surface area contributed by atoms with Crippen molar-refractivity contribution >= 4 is 17.9 Å². The fourth-order valence-corrected chi connectivity index (χ4v) is 3.78. The van der Waals surface area contributed by atoms with Crippen molar-refractivity contribution in [2.24, 2.45) is 0 Å². The van der Waals surface area contributed by atoms with E-state index in [4.69, 9.17) is 9.47 Å². The van der Waals surface area contributed by atoms with Crippen LogP contribution in [0.1, 0.15) is 49.8 Å². The normalized spacial score (nSPS) is 13.6. The maximum absolute atomic E-state index is 13.1. The lowest BCUT2D eigenvalue weighted by atomic mass is 10.0. The van der Waals surface area contributed by atoms with Gasteiger partial charge >= 0.3 is 12.0 Å². The molecule has 3 rings (SSSR count). The molecule has 3 N–H and O–H groups in total. The van der Waals surface area contributed by atoms with Crippen LogP contribution in [-0.2, 0) is 16.1 Å². The second-order valence-electron chi connectivity index (χ2n) is 8.26. The summed E-state index contributed by atoms with van der Waals surface area (Å²) in [6, 6.07) is 12.5. The van der Waals surface area contributed by atoms with E-state index >= 15 is 0 Å². The zero-order chi connectivity index (χ0) is 24.5. The van der Waals surface area contributed by atoms with Crippen LogP contribution in [0.25, 0.3) is 0 Å². The Bertz CT molecular complexity index is 997. The summed E-state index contributed by atoms with van der Waals surface area (Å²) in [5.74, 6) is -0.211. The number of urea groups is 1. The van der Waals surface area contributed by atoms with Crippen LogP contribution in [0.2, 0.25) is 0 Å². The standard InChI is InChI=1S/C25H31N3O6/c1-3-4-10-19(24(31)28(2)15-17-8-6-5-7-9-17)26-25(32)27-20(14-23(29)30)18-11-12-21-22(13-18)34-16-33-21/h5-9,11-13,19-20H,3-4,10,14-16H2,1-2H3,(H,29,30)(H2,26,27,32)/t19-,20-/m0/s1. The summed E-state index contributed by atoms with van der Waals surface area (Å²) in [6.07, 6.45) is 1.79. The van der Waals surface area contributed by atoms with Crippen LogP contribution in [0.3, 0.4) is 0 Å². The van der Waals surface area contributed by atoms with Crippen LogP contribution in [0.4, 0.5) is 4.79 Å². The Hall–Kier alpha value is -3.75. The van der Waals surface area contributed by atoms with Gasteiger partial charge in [-0.25, -0.2) is 4.79 Å². The van der Waals surface area contributed by atoms with Crippen molar-refractivity contribution in [1.29, 1.82) is 0 Å². The third-order valence-corrected chi connectivity index (χ3v) is 5.57. The second-order valence-corrected chi connectivity index (χ2v) is 8.26. The van der Waals surface area contributed by atoms with Gasteiger partial charge in [0.15, 0.2) is 11.5 Å². The quantitative estimate of drug-likeness (QED) is 0.464. The van der Waals surface area contributed by atoms with Crippen LogP contribution >= 0.6 is 0 Å². The van der Waals surface area contributed by atoms with Crippen molar-refractivity contribution in [2.75, 3.05) is 13.8 Å². The zero-order valence-corrected chi connectivity index (χ0v) is 19.5. The van der Waals surface area contributed by atoms with Crippen LogP contribution in [0, 0.1) is 0 Å². The Morgan fingerprint density at radius 1 is 1.06 bits per heavy atom. The summed E-state index contributed by atoms with van der Waals surface area (Å²) in [5, 5.41) is 14.8. The van der Waals surface area contributed by atoms with Gasteiger partial charge < -0.3 is 30.1 Å². The van der Waals surface area contributed by atoms with Gasteiger partial charge in [-0.1, -0.05) is 56.2 Å². The third kappa shape index (κ3) is 6.87. The molecule has 0 aromatic heterocycles. The van der Waals surface area contributed by atoms with Crippen molar-refractivity contribution in [1.82, 2.24) is 15.5 Å². The van der Waals surface area contributed by atoms with Gasteiger partial charge in [-0.2, -0.15) is 0 Å². The number of ether oxygens (including phenoxy) is 2. The van der Waals surface area contributed by atoms with Gasteiger partial charge in [-0.15, -0.1) is 0 Å². The molecule has 34 heavy (non-hydrogen) atoms. The van der Waals surface area contributed by atoms with Crippen molar-refractivity contribution in [3.8, 4) is 11.5 Å². The highest BCUT2D eigenvalue weighted by Crippen LogP contribution is 2.34. The second kappa shape index (κ2) is 11.9. The molecule has 2 atom stereocenters. The predicted molar refractivity (Wildman–Crippen MR) is 125 cm³/mol. The van der Waals surface area contributed by atoms with Gasteiger partial charge in [-0.05, 0) is 29.7 Å². The number of carboxylic acids is 1. The summed E-state index contributed by atoms with van der Waals surface area (Å²) in [6.45, 7) is 2.52. The van der Waals surface area contributed by atoms with E-state index in [0.29, 0.717) is 30.0 Å². The molecule has 182 valence electrons. The highest BCUT2D eigenvalue weighted by molar-refractivity contribution is 5.87. The summed E-state index contributed by atoms with van der Waals surface area (Å²) >= 11 is 0. The van der Waals surface area contributed by atoms with E-state index in [0.717, 1.165) is 18.4 Å². The van der Waals surface area contributed by atoms with Crippen molar-refractivity contribution < 1.29 is 29.0 Å². The number of carbonyl (C=O) groups excluding carboxylic acids is 2. The average molecular weight is 470 g/mol. The Kier molecular flexibility index (Phi) is 8.73. The van der Waals surface area contributed by atoms with Gasteiger partial charge in [0.05, 0.1) is 12.5 Å². The molecule has 0 saturated carbocycles. The summed E-state index contributed by atoms with van der Waals surface area (Å²) in [5.41, 5.74) is 1.56. The fourth-order valence-electron chi connectivity index (χ4n) is 3.78. The molecule has 1 aliphatic heterocycles. The summed E-state index contributed by atoms with van der Waals surface area (Å²) < 4.78 is 10.7. The molecule has 0 unspecified atom stereocenters. The van der Waals surface area contributed by atoms with Crippen LogP contribution < -0.4 is 20.1 Å². The molecule has 0 radical (unpaired) electrons. The molecule has 2 aromatic rings. The number of likely N-dealkylation sites (N-methyl/N-ethyl adjacent to an activating group) is 1. The number of benzene rings is 2. The molecule has 3 amide bonds. The lowest BCUT2D eigenvalue weighted by molar-refractivity contribution is -0.137. The van der Waals surface area contributed by atoms with E-state index in [-0.39, 0.29) is 19.1 Å². The minimum Gasteiger partial charge on any atom is -0.481 e. The Morgan fingerprint density at radius 3 is 2.50 bits per heavy atom. The van der Waals surface area contributed by atoms with Crippen LogP contribution in [0.15, 0.2) is 48.5 Å².